The minimum atomic E-state index is -3.53. The van der Waals surface area contributed by atoms with Crippen molar-refractivity contribution in [3.63, 3.8) is 0 Å². The quantitative estimate of drug-likeness (QED) is 0.693. The summed E-state index contributed by atoms with van der Waals surface area (Å²) in [7, 11) is -3.87. The van der Waals surface area contributed by atoms with Crippen molar-refractivity contribution >= 4 is 31.6 Å². The van der Waals surface area contributed by atoms with Gasteiger partial charge in [0, 0.05) is 39.4 Å². The summed E-state index contributed by atoms with van der Waals surface area (Å²) in [6, 6.07) is 4.83. The molecular formula is C18H27N3O5S2. The average molecular weight is 430 g/mol. The van der Waals surface area contributed by atoms with Crippen molar-refractivity contribution in [2.45, 2.75) is 31.1 Å². The Labute approximate surface area is 167 Å². The molecule has 0 spiro atoms. The fourth-order valence-electron chi connectivity index (χ4n) is 3.78. The van der Waals surface area contributed by atoms with Crippen molar-refractivity contribution in [3.8, 4) is 0 Å². The van der Waals surface area contributed by atoms with Crippen LogP contribution >= 0.6 is 0 Å². The SMILES string of the molecule is CCS(=O)(=O)N1CCC[C@@H](C(=O)N2CCc3cc(S(=O)(=O)N(C)C)ccc32)C1. The van der Waals surface area contributed by atoms with Gasteiger partial charge in [-0.15, -0.1) is 0 Å². The number of hydrogen-bond acceptors (Lipinski definition) is 5. The van der Waals surface area contributed by atoms with Crippen molar-refractivity contribution in [1.82, 2.24) is 8.61 Å². The van der Waals surface area contributed by atoms with Gasteiger partial charge in [-0.3, -0.25) is 4.79 Å². The molecule has 1 fully saturated rings. The van der Waals surface area contributed by atoms with Crippen molar-refractivity contribution in [1.29, 1.82) is 0 Å². The Morgan fingerprint density at radius 1 is 1.18 bits per heavy atom. The topological polar surface area (TPSA) is 95.1 Å². The van der Waals surface area contributed by atoms with E-state index in [1.807, 2.05) is 0 Å². The fourth-order valence-corrected chi connectivity index (χ4v) is 5.91. The maximum absolute atomic E-state index is 13.1. The number of carbonyl (C=O) groups excluding carboxylic acids is 1. The highest BCUT2D eigenvalue weighted by molar-refractivity contribution is 7.89. The highest BCUT2D eigenvalue weighted by Gasteiger charge is 2.36. The van der Waals surface area contributed by atoms with Crippen molar-refractivity contribution in [2.24, 2.45) is 5.92 Å². The monoisotopic (exact) mass is 429 g/mol. The smallest absolute Gasteiger partial charge is 0.242 e. The molecule has 1 saturated heterocycles. The van der Waals surface area contributed by atoms with E-state index in [-0.39, 0.29) is 29.0 Å². The van der Waals surface area contributed by atoms with Gasteiger partial charge in [0.05, 0.1) is 16.6 Å². The highest BCUT2D eigenvalue weighted by Crippen LogP contribution is 2.33. The predicted octanol–water partition coefficient (Wildman–Crippen LogP) is 0.888. The number of hydrogen-bond donors (Lipinski definition) is 0. The van der Waals surface area contributed by atoms with Gasteiger partial charge in [0.2, 0.25) is 26.0 Å². The number of piperidine rings is 1. The molecule has 0 radical (unpaired) electrons. The number of sulfonamides is 2. The minimum absolute atomic E-state index is 0.0313. The van der Waals surface area contributed by atoms with Crippen LogP contribution in [0.25, 0.3) is 0 Å². The van der Waals surface area contributed by atoms with Gasteiger partial charge in [0.15, 0.2) is 0 Å². The Morgan fingerprint density at radius 2 is 1.89 bits per heavy atom. The lowest BCUT2D eigenvalue weighted by Crippen LogP contribution is -2.46. The number of carbonyl (C=O) groups is 1. The fraction of sp³-hybridized carbons (Fsp3) is 0.611. The summed E-state index contributed by atoms with van der Waals surface area (Å²) in [4.78, 5) is 15.0. The van der Waals surface area contributed by atoms with Crippen LogP contribution in [-0.2, 0) is 31.3 Å². The maximum Gasteiger partial charge on any atom is 0.242 e. The molecular weight excluding hydrogens is 402 g/mol. The van der Waals surface area contributed by atoms with E-state index in [4.69, 9.17) is 0 Å². The van der Waals surface area contributed by atoms with Crippen LogP contribution in [0.15, 0.2) is 23.1 Å². The van der Waals surface area contributed by atoms with Crippen LogP contribution in [0.4, 0.5) is 5.69 Å². The van der Waals surface area contributed by atoms with Gasteiger partial charge >= 0.3 is 0 Å². The summed E-state index contributed by atoms with van der Waals surface area (Å²) in [5.41, 5.74) is 1.54. The molecule has 1 aromatic carbocycles. The van der Waals surface area contributed by atoms with Crippen LogP contribution in [0.1, 0.15) is 25.3 Å². The molecule has 2 aliphatic heterocycles. The van der Waals surface area contributed by atoms with Gasteiger partial charge in [-0.05, 0) is 49.9 Å². The van der Waals surface area contributed by atoms with Crippen LogP contribution in [0.2, 0.25) is 0 Å². The molecule has 156 valence electrons. The van der Waals surface area contributed by atoms with Crippen molar-refractivity contribution < 1.29 is 21.6 Å². The molecule has 2 heterocycles. The molecule has 1 atom stereocenters. The number of anilines is 1. The zero-order valence-corrected chi connectivity index (χ0v) is 18.1. The van der Waals surface area contributed by atoms with Gasteiger partial charge in [-0.2, -0.15) is 0 Å². The van der Waals surface area contributed by atoms with Gasteiger partial charge < -0.3 is 4.90 Å². The van der Waals surface area contributed by atoms with E-state index in [2.05, 4.69) is 0 Å². The largest absolute Gasteiger partial charge is 0.312 e. The molecule has 3 rings (SSSR count). The summed E-state index contributed by atoms with van der Waals surface area (Å²) in [6.45, 7) is 2.77. The number of fused-ring (bicyclic) bond motifs is 1. The molecule has 0 unspecified atom stereocenters. The Bertz CT molecular complexity index is 973. The van der Waals surface area contributed by atoms with Crippen LogP contribution in [0, 0.1) is 5.92 Å². The zero-order chi connectivity index (χ0) is 20.7. The molecule has 0 aliphatic carbocycles. The number of amides is 1. The van der Waals surface area contributed by atoms with Gasteiger partial charge in [0.25, 0.3) is 0 Å². The van der Waals surface area contributed by atoms with E-state index in [1.54, 1.807) is 24.0 Å². The third-order valence-electron chi connectivity index (χ3n) is 5.48. The van der Waals surface area contributed by atoms with Crippen LogP contribution in [-0.4, -0.2) is 70.8 Å². The number of nitrogens with zero attached hydrogens (tertiary/aromatic N) is 3. The Balaban J connectivity index is 1.81. The number of benzene rings is 1. The first-order valence-corrected chi connectivity index (χ1v) is 12.5. The van der Waals surface area contributed by atoms with Crippen LogP contribution in [0.5, 0.6) is 0 Å². The average Bonchev–Trinajstić information content (AvgIpc) is 3.10. The van der Waals surface area contributed by atoms with E-state index in [0.29, 0.717) is 32.4 Å². The van der Waals surface area contributed by atoms with Crippen molar-refractivity contribution in [3.05, 3.63) is 23.8 Å². The molecule has 0 bridgehead atoms. The zero-order valence-electron chi connectivity index (χ0n) is 16.5. The molecule has 2 aliphatic rings. The first-order valence-electron chi connectivity index (χ1n) is 9.42. The lowest BCUT2D eigenvalue weighted by Gasteiger charge is -2.33. The number of rotatable bonds is 5. The molecule has 1 amide bonds. The van der Waals surface area contributed by atoms with E-state index >= 15 is 0 Å². The van der Waals surface area contributed by atoms with Crippen LogP contribution in [0.3, 0.4) is 0 Å². The predicted molar refractivity (Wildman–Crippen MR) is 107 cm³/mol. The molecule has 1 aromatic rings. The lowest BCUT2D eigenvalue weighted by molar-refractivity contribution is -0.123. The van der Waals surface area contributed by atoms with E-state index in [0.717, 1.165) is 15.6 Å². The second-order valence-electron chi connectivity index (χ2n) is 7.42. The van der Waals surface area contributed by atoms with E-state index < -0.39 is 20.0 Å². The third-order valence-corrected chi connectivity index (χ3v) is 9.14. The van der Waals surface area contributed by atoms with Crippen LogP contribution < -0.4 is 4.90 Å². The summed E-state index contributed by atoms with van der Waals surface area (Å²) in [6.07, 6.45) is 1.91. The Kier molecular flexibility index (Phi) is 5.86. The second-order valence-corrected chi connectivity index (χ2v) is 11.8. The first kappa shape index (κ1) is 21.2. The summed E-state index contributed by atoms with van der Waals surface area (Å²) in [5, 5.41) is 0. The molecule has 28 heavy (non-hydrogen) atoms. The maximum atomic E-state index is 13.1. The van der Waals surface area contributed by atoms with E-state index in [9.17, 15) is 21.6 Å². The van der Waals surface area contributed by atoms with E-state index in [1.165, 1.54) is 24.5 Å². The third kappa shape index (κ3) is 3.83. The standard InChI is InChI=1S/C18H27N3O5S2/c1-4-27(23,24)20-10-5-6-15(13-20)18(22)21-11-9-14-12-16(7-8-17(14)21)28(25,26)19(2)3/h7-8,12,15H,4-6,9-11,13H2,1-3H3/t15-/m1/s1. The minimum Gasteiger partial charge on any atom is -0.312 e. The van der Waals surface area contributed by atoms with Gasteiger partial charge in [-0.25, -0.2) is 25.4 Å². The molecule has 10 heteroatoms. The molecule has 0 N–H and O–H groups in total. The molecule has 0 aromatic heterocycles. The first-order chi connectivity index (χ1) is 13.1. The van der Waals surface area contributed by atoms with Gasteiger partial charge in [0.1, 0.15) is 0 Å². The summed E-state index contributed by atoms with van der Waals surface area (Å²) >= 11 is 0. The second kappa shape index (κ2) is 7.74. The lowest BCUT2D eigenvalue weighted by atomic mass is 9.98. The Morgan fingerprint density at radius 3 is 2.54 bits per heavy atom. The van der Waals surface area contributed by atoms with Crippen molar-refractivity contribution in [2.75, 3.05) is 44.4 Å². The normalized spacial score (nSPS) is 21.1. The molecule has 0 saturated carbocycles. The Hall–Kier alpha value is -1.49. The summed E-state index contributed by atoms with van der Waals surface area (Å²) < 4.78 is 51.6. The van der Waals surface area contributed by atoms with Gasteiger partial charge in [-0.1, -0.05) is 0 Å². The molecule has 8 nitrogen and oxygen atoms in total. The summed E-state index contributed by atoms with van der Waals surface area (Å²) in [5.74, 6) is -0.423. The highest BCUT2D eigenvalue weighted by atomic mass is 32.2.